The highest BCUT2D eigenvalue weighted by molar-refractivity contribution is 5.93. The van der Waals surface area contributed by atoms with E-state index in [1.165, 1.54) is 0 Å². The Morgan fingerprint density at radius 1 is 1.60 bits per heavy atom. The summed E-state index contributed by atoms with van der Waals surface area (Å²) < 4.78 is 4.94. The van der Waals surface area contributed by atoms with Gasteiger partial charge in [0.2, 0.25) is 5.91 Å². The van der Waals surface area contributed by atoms with Crippen LogP contribution >= 0.6 is 0 Å². The number of amides is 1. The topological polar surface area (TPSA) is 96.9 Å². The van der Waals surface area contributed by atoms with Gasteiger partial charge in [0.15, 0.2) is 5.84 Å². The first-order valence-corrected chi connectivity index (χ1v) is 4.87. The van der Waals surface area contributed by atoms with E-state index in [4.69, 9.17) is 15.7 Å². The average Bonchev–Trinajstić information content (AvgIpc) is 2.24. The Bertz CT molecular complexity index is 243. The number of carbonyl (C=O) groups is 1. The minimum atomic E-state index is -0.830. The molecule has 0 heterocycles. The zero-order valence-electron chi connectivity index (χ0n) is 9.41. The summed E-state index contributed by atoms with van der Waals surface area (Å²) in [5.41, 5.74) is 4.65. The maximum Gasteiger partial charge on any atom is 0.246 e. The maximum absolute atomic E-state index is 11.4. The summed E-state index contributed by atoms with van der Waals surface area (Å²) in [6, 6.07) is 0. The lowest BCUT2D eigenvalue weighted by molar-refractivity contribution is -0.126. The zero-order valence-corrected chi connectivity index (χ0v) is 9.41. The quantitative estimate of drug-likeness (QED) is 0.253. The lowest BCUT2D eigenvalue weighted by Gasteiger charge is -2.27. The molecule has 0 aliphatic carbocycles. The van der Waals surface area contributed by atoms with Crippen molar-refractivity contribution in [1.29, 1.82) is 0 Å². The van der Waals surface area contributed by atoms with E-state index in [9.17, 15) is 4.79 Å². The van der Waals surface area contributed by atoms with Crippen molar-refractivity contribution in [3.8, 4) is 0 Å². The Hall–Kier alpha value is -1.30. The van der Waals surface area contributed by atoms with Crippen LogP contribution in [-0.2, 0) is 9.53 Å². The molecule has 0 rings (SSSR count). The highest BCUT2D eigenvalue weighted by Gasteiger charge is 2.29. The lowest BCUT2D eigenvalue weighted by atomic mass is 9.97. The molecule has 0 radical (unpaired) electrons. The highest BCUT2D eigenvalue weighted by Crippen LogP contribution is 2.08. The molecule has 15 heavy (non-hydrogen) atoms. The van der Waals surface area contributed by atoms with Crippen molar-refractivity contribution in [3.05, 3.63) is 0 Å². The normalized spacial score (nSPS) is 15.8. The van der Waals surface area contributed by atoms with Crippen LogP contribution in [0, 0.1) is 0 Å². The first-order chi connectivity index (χ1) is 7.00. The standard InChI is InChI=1S/C9H19N3O3/c1-4-9(3,8(10)12-14)11-7(13)6-15-5-2/h14H,4-6H2,1-3H3,(H2,10,12)(H,11,13). The van der Waals surface area contributed by atoms with Crippen molar-refractivity contribution in [2.75, 3.05) is 13.2 Å². The number of hydrogen-bond acceptors (Lipinski definition) is 4. The molecule has 88 valence electrons. The number of amidine groups is 1. The molecule has 0 saturated heterocycles. The molecule has 6 nitrogen and oxygen atoms in total. The van der Waals surface area contributed by atoms with Gasteiger partial charge in [-0.25, -0.2) is 0 Å². The van der Waals surface area contributed by atoms with E-state index >= 15 is 0 Å². The summed E-state index contributed by atoms with van der Waals surface area (Å²) in [6.45, 7) is 5.77. The number of hydrogen-bond donors (Lipinski definition) is 3. The maximum atomic E-state index is 11.4. The Balaban J connectivity index is 4.38. The van der Waals surface area contributed by atoms with Crippen LogP contribution in [0.4, 0.5) is 0 Å². The van der Waals surface area contributed by atoms with Crippen LogP contribution in [0.25, 0.3) is 0 Å². The predicted molar refractivity (Wildman–Crippen MR) is 56.7 cm³/mol. The van der Waals surface area contributed by atoms with E-state index in [2.05, 4.69) is 10.5 Å². The van der Waals surface area contributed by atoms with Crippen molar-refractivity contribution in [1.82, 2.24) is 5.32 Å². The van der Waals surface area contributed by atoms with Gasteiger partial charge < -0.3 is 21.0 Å². The smallest absolute Gasteiger partial charge is 0.246 e. The van der Waals surface area contributed by atoms with E-state index in [0.29, 0.717) is 13.0 Å². The van der Waals surface area contributed by atoms with Gasteiger partial charge in [-0.2, -0.15) is 0 Å². The van der Waals surface area contributed by atoms with Crippen LogP contribution in [0.2, 0.25) is 0 Å². The van der Waals surface area contributed by atoms with Crippen LogP contribution in [0.3, 0.4) is 0 Å². The molecule has 1 atom stereocenters. The molecule has 1 unspecified atom stereocenters. The monoisotopic (exact) mass is 217 g/mol. The summed E-state index contributed by atoms with van der Waals surface area (Å²) >= 11 is 0. The summed E-state index contributed by atoms with van der Waals surface area (Å²) in [6.07, 6.45) is 0.529. The van der Waals surface area contributed by atoms with Crippen molar-refractivity contribution in [3.63, 3.8) is 0 Å². The van der Waals surface area contributed by atoms with Gasteiger partial charge in [0.25, 0.3) is 0 Å². The number of nitrogens with zero attached hydrogens (tertiary/aromatic N) is 1. The van der Waals surface area contributed by atoms with E-state index in [0.717, 1.165) is 0 Å². The second-order valence-electron chi connectivity index (χ2n) is 3.36. The van der Waals surface area contributed by atoms with Gasteiger partial charge in [0.05, 0.1) is 5.54 Å². The number of nitrogens with two attached hydrogens (primary N) is 1. The van der Waals surface area contributed by atoms with Crippen LogP contribution in [0.5, 0.6) is 0 Å². The van der Waals surface area contributed by atoms with Gasteiger partial charge >= 0.3 is 0 Å². The molecule has 0 aliphatic heterocycles. The third-order valence-corrected chi connectivity index (χ3v) is 2.23. The van der Waals surface area contributed by atoms with Gasteiger partial charge in [0, 0.05) is 6.61 Å². The first-order valence-electron chi connectivity index (χ1n) is 4.87. The van der Waals surface area contributed by atoms with E-state index in [-0.39, 0.29) is 18.3 Å². The molecular weight excluding hydrogens is 198 g/mol. The van der Waals surface area contributed by atoms with Crippen LogP contribution in [0.1, 0.15) is 27.2 Å². The number of ether oxygens (including phenoxy) is 1. The molecule has 6 heteroatoms. The molecule has 0 spiro atoms. The molecule has 0 saturated carbocycles. The van der Waals surface area contributed by atoms with Crippen molar-refractivity contribution in [2.24, 2.45) is 10.9 Å². The van der Waals surface area contributed by atoms with Crippen molar-refractivity contribution < 1.29 is 14.7 Å². The molecule has 0 aromatic rings. The van der Waals surface area contributed by atoms with E-state index in [1.807, 2.05) is 6.92 Å². The molecule has 0 fully saturated rings. The van der Waals surface area contributed by atoms with Crippen LogP contribution < -0.4 is 11.1 Å². The summed E-state index contributed by atoms with van der Waals surface area (Å²) in [7, 11) is 0. The minimum Gasteiger partial charge on any atom is -0.409 e. The number of carbonyl (C=O) groups excluding carboxylic acids is 1. The number of nitrogens with one attached hydrogen (secondary N) is 1. The Morgan fingerprint density at radius 3 is 2.60 bits per heavy atom. The largest absolute Gasteiger partial charge is 0.409 e. The van der Waals surface area contributed by atoms with Gasteiger partial charge in [0.1, 0.15) is 6.61 Å². The van der Waals surface area contributed by atoms with E-state index < -0.39 is 5.54 Å². The molecule has 4 N–H and O–H groups in total. The number of rotatable bonds is 6. The molecule has 0 aromatic heterocycles. The lowest BCUT2D eigenvalue weighted by Crippen LogP contribution is -2.55. The zero-order chi connectivity index (χ0) is 11.9. The van der Waals surface area contributed by atoms with E-state index in [1.54, 1.807) is 13.8 Å². The minimum absolute atomic E-state index is 0.0187. The summed E-state index contributed by atoms with van der Waals surface area (Å²) in [4.78, 5) is 11.4. The molecule has 0 aromatic carbocycles. The summed E-state index contributed by atoms with van der Waals surface area (Å²) in [5, 5.41) is 14.1. The van der Waals surface area contributed by atoms with Crippen LogP contribution in [0.15, 0.2) is 5.16 Å². The van der Waals surface area contributed by atoms with Gasteiger partial charge in [-0.3, -0.25) is 4.79 Å². The third kappa shape index (κ3) is 4.16. The summed E-state index contributed by atoms with van der Waals surface area (Å²) in [5.74, 6) is -0.303. The highest BCUT2D eigenvalue weighted by atomic mass is 16.5. The van der Waals surface area contributed by atoms with Crippen molar-refractivity contribution >= 4 is 11.7 Å². The third-order valence-electron chi connectivity index (χ3n) is 2.23. The fourth-order valence-electron chi connectivity index (χ4n) is 0.982. The fraction of sp³-hybridized carbons (Fsp3) is 0.778. The predicted octanol–water partition coefficient (Wildman–Crippen LogP) is 0.0542. The molecule has 0 bridgehead atoms. The fourth-order valence-corrected chi connectivity index (χ4v) is 0.982. The van der Waals surface area contributed by atoms with Gasteiger partial charge in [-0.05, 0) is 20.3 Å². The molecule has 1 amide bonds. The first kappa shape index (κ1) is 13.7. The van der Waals surface area contributed by atoms with Gasteiger partial charge in [-0.15, -0.1) is 0 Å². The molecular formula is C9H19N3O3. The average molecular weight is 217 g/mol. The Morgan fingerprint density at radius 2 is 2.20 bits per heavy atom. The Labute approximate surface area is 89.5 Å². The van der Waals surface area contributed by atoms with Crippen LogP contribution in [-0.4, -0.2) is 35.7 Å². The van der Waals surface area contributed by atoms with Crippen molar-refractivity contribution in [2.45, 2.75) is 32.7 Å². The van der Waals surface area contributed by atoms with Gasteiger partial charge in [-0.1, -0.05) is 12.1 Å². The second-order valence-corrected chi connectivity index (χ2v) is 3.36. The molecule has 0 aliphatic rings. The second kappa shape index (κ2) is 6.23. The number of oxime groups is 1. The SMILES string of the molecule is CCOCC(=O)NC(C)(CC)/C(N)=N/O. The Kier molecular flexibility index (Phi) is 5.69.